The molecule has 0 amide bonds. The maximum Gasteiger partial charge on any atom is 0.165 e. The zero-order chi connectivity index (χ0) is 13.8. The molecule has 2 aliphatic rings. The molecule has 1 aromatic carbocycles. The number of fused-ring (bicyclic) bond motifs is 2. The fraction of sp³-hybridized carbons (Fsp3) is 0.471. The minimum atomic E-state index is -0.154. The smallest absolute Gasteiger partial charge is 0.165 e. The summed E-state index contributed by atoms with van der Waals surface area (Å²) in [6, 6.07) is 8.17. The lowest BCUT2D eigenvalue weighted by molar-refractivity contribution is -0.125. The molecule has 2 saturated carbocycles. The molecule has 2 heteroatoms. The van der Waals surface area contributed by atoms with Crippen LogP contribution in [0.15, 0.2) is 34.3 Å². The molecule has 100 valence electrons. The summed E-state index contributed by atoms with van der Waals surface area (Å²) >= 11 is 3.44. The summed E-state index contributed by atoms with van der Waals surface area (Å²) in [6.07, 6.45) is 4.30. The second kappa shape index (κ2) is 4.05. The number of hydrogen-bond acceptors (Lipinski definition) is 1. The van der Waals surface area contributed by atoms with Gasteiger partial charge in [0.25, 0.3) is 0 Å². The second-order valence-electron chi connectivity index (χ2n) is 6.63. The van der Waals surface area contributed by atoms with Gasteiger partial charge in [-0.2, -0.15) is 0 Å². The van der Waals surface area contributed by atoms with Crippen LogP contribution in [0.3, 0.4) is 0 Å². The van der Waals surface area contributed by atoms with E-state index in [4.69, 9.17) is 0 Å². The maximum absolute atomic E-state index is 12.7. The van der Waals surface area contributed by atoms with E-state index in [2.05, 4.69) is 54.9 Å². The third-order valence-electron chi connectivity index (χ3n) is 5.56. The number of hydrogen-bond donors (Lipinski definition) is 0. The number of rotatable bonds is 1. The van der Waals surface area contributed by atoms with Crippen molar-refractivity contribution in [2.45, 2.75) is 33.6 Å². The molecule has 2 atom stereocenters. The summed E-state index contributed by atoms with van der Waals surface area (Å²) in [4.78, 5) is 12.7. The van der Waals surface area contributed by atoms with Crippen LogP contribution in [0.25, 0.3) is 6.08 Å². The monoisotopic (exact) mass is 318 g/mol. The Labute approximate surface area is 123 Å². The Kier molecular flexibility index (Phi) is 2.79. The molecule has 19 heavy (non-hydrogen) atoms. The number of ketones is 1. The van der Waals surface area contributed by atoms with Crippen molar-refractivity contribution < 1.29 is 4.79 Å². The lowest BCUT2D eigenvalue weighted by Crippen LogP contribution is -2.32. The van der Waals surface area contributed by atoms with Crippen molar-refractivity contribution in [3.63, 3.8) is 0 Å². The molecule has 0 aromatic heterocycles. The molecule has 1 aromatic rings. The van der Waals surface area contributed by atoms with E-state index in [1.165, 1.54) is 0 Å². The third-order valence-corrected chi connectivity index (χ3v) is 6.09. The molecule has 0 aliphatic heterocycles. The minimum Gasteiger partial charge on any atom is -0.294 e. The molecule has 2 bridgehead atoms. The molecule has 0 radical (unpaired) electrons. The zero-order valence-corrected chi connectivity index (χ0v) is 13.3. The summed E-state index contributed by atoms with van der Waals surface area (Å²) in [6.45, 7) is 6.66. The van der Waals surface area contributed by atoms with Crippen LogP contribution in [-0.2, 0) is 4.79 Å². The van der Waals surface area contributed by atoms with Gasteiger partial charge in [0.2, 0.25) is 0 Å². The number of benzene rings is 1. The van der Waals surface area contributed by atoms with E-state index in [1.54, 1.807) is 0 Å². The van der Waals surface area contributed by atoms with Gasteiger partial charge in [0, 0.05) is 9.89 Å². The Morgan fingerprint density at radius 2 is 1.84 bits per heavy atom. The Hall–Kier alpha value is -0.890. The average Bonchev–Trinajstić information content (AvgIpc) is 2.66. The van der Waals surface area contributed by atoms with Gasteiger partial charge in [0.1, 0.15) is 0 Å². The summed E-state index contributed by atoms with van der Waals surface area (Å²) in [5.41, 5.74) is 2.11. The SMILES string of the molecule is CC12CCC(/C(=C\c3ccc(Br)cc3)C1=O)C2(C)C. The van der Waals surface area contributed by atoms with E-state index in [1.807, 2.05) is 12.1 Å². The van der Waals surface area contributed by atoms with Gasteiger partial charge in [0.05, 0.1) is 0 Å². The van der Waals surface area contributed by atoms with Gasteiger partial charge in [-0.15, -0.1) is 0 Å². The van der Waals surface area contributed by atoms with E-state index in [0.717, 1.165) is 28.5 Å². The number of carbonyl (C=O) groups excluding carboxylic acids is 1. The number of Topliss-reactive ketones (excluding diaryl/α,β-unsaturated/α-hetero) is 1. The molecule has 3 rings (SSSR count). The van der Waals surface area contributed by atoms with Crippen LogP contribution in [0, 0.1) is 16.7 Å². The van der Waals surface area contributed by atoms with Crippen LogP contribution >= 0.6 is 15.9 Å². The lowest BCUT2D eigenvalue weighted by atomic mass is 9.70. The van der Waals surface area contributed by atoms with Gasteiger partial charge < -0.3 is 0 Å². The summed E-state index contributed by atoms with van der Waals surface area (Å²) in [5.74, 6) is 0.797. The van der Waals surface area contributed by atoms with E-state index >= 15 is 0 Å². The normalized spacial score (nSPS) is 34.2. The molecule has 2 unspecified atom stereocenters. The maximum atomic E-state index is 12.7. The van der Waals surface area contributed by atoms with Gasteiger partial charge in [-0.3, -0.25) is 4.79 Å². The van der Waals surface area contributed by atoms with E-state index < -0.39 is 0 Å². The quantitative estimate of drug-likeness (QED) is 0.676. The predicted octanol–water partition coefficient (Wildman–Crippen LogP) is 4.86. The molecule has 2 aliphatic carbocycles. The second-order valence-corrected chi connectivity index (χ2v) is 7.54. The van der Waals surface area contributed by atoms with Crippen molar-refractivity contribution >= 4 is 27.8 Å². The van der Waals surface area contributed by atoms with Crippen molar-refractivity contribution in [3.8, 4) is 0 Å². The summed E-state index contributed by atoms with van der Waals surface area (Å²) in [5, 5.41) is 0. The number of carbonyl (C=O) groups is 1. The Bertz CT molecular complexity index is 567. The molecule has 0 saturated heterocycles. The molecule has 0 N–H and O–H groups in total. The van der Waals surface area contributed by atoms with E-state index in [0.29, 0.717) is 11.7 Å². The average molecular weight is 319 g/mol. The van der Waals surface area contributed by atoms with Crippen molar-refractivity contribution in [2.24, 2.45) is 16.7 Å². The third kappa shape index (κ3) is 1.69. The fourth-order valence-electron chi connectivity index (χ4n) is 3.83. The first-order valence-electron chi connectivity index (χ1n) is 6.88. The number of allylic oxidation sites excluding steroid dienone is 1. The van der Waals surface area contributed by atoms with Crippen LogP contribution in [0.5, 0.6) is 0 Å². The van der Waals surface area contributed by atoms with Gasteiger partial charge in [-0.05, 0) is 53.5 Å². The number of halogens is 1. The highest BCUT2D eigenvalue weighted by Crippen LogP contribution is 2.65. The van der Waals surface area contributed by atoms with Crippen LogP contribution in [0.2, 0.25) is 0 Å². The van der Waals surface area contributed by atoms with Crippen LogP contribution in [0.1, 0.15) is 39.2 Å². The van der Waals surface area contributed by atoms with Gasteiger partial charge in [0.15, 0.2) is 5.78 Å². The fourth-order valence-corrected chi connectivity index (χ4v) is 4.10. The first-order chi connectivity index (χ1) is 8.86. The highest BCUT2D eigenvalue weighted by molar-refractivity contribution is 9.10. The minimum absolute atomic E-state index is 0.102. The first-order valence-corrected chi connectivity index (χ1v) is 7.67. The van der Waals surface area contributed by atoms with Crippen molar-refractivity contribution in [1.82, 2.24) is 0 Å². The van der Waals surface area contributed by atoms with Crippen molar-refractivity contribution in [3.05, 3.63) is 39.9 Å². The standard InChI is InChI=1S/C17H19BrO/c1-16(2)14-8-9-17(16,3)15(19)13(14)10-11-4-6-12(18)7-5-11/h4-7,10,14H,8-9H2,1-3H3/b13-10+. The largest absolute Gasteiger partial charge is 0.294 e. The van der Waals surface area contributed by atoms with Crippen LogP contribution in [-0.4, -0.2) is 5.78 Å². The first kappa shape index (κ1) is 13.1. The van der Waals surface area contributed by atoms with Crippen LogP contribution < -0.4 is 0 Å². The molecule has 0 spiro atoms. The Morgan fingerprint density at radius 3 is 2.37 bits per heavy atom. The predicted molar refractivity (Wildman–Crippen MR) is 81.7 cm³/mol. The molecule has 2 fully saturated rings. The molecule has 0 heterocycles. The Morgan fingerprint density at radius 1 is 1.21 bits per heavy atom. The highest BCUT2D eigenvalue weighted by atomic mass is 79.9. The van der Waals surface area contributed by atoms with Gasteiger partial charge in [-0.25, -0.2) is 0 Å². The molecular weight excluding hydrogens is 300 g/mol. The van der Waals surface area contributed by atoms with E-state index in [9.17, 15) is 4.79 Å². The lowest BCUT2D eigenvalue weighted by Gasteiger charge is -2.31. The van der Waals surface area contributed by atoms with Crippen molar-refractivity contribution in [2.75, 3.05) is 0 Å². The van der Waals surface area contributed by atoms with E-state index in [-0.39, 0.29) is 10.8 Å². The topological polar surface area (TPSA) is 17.1 Å². The summed E-state index contributed by atoms with van der Waals surface area (Å²) in [7, 11) is 0. The van der Waals surface area contributed by atoms with Gasteiger partial charge in [-0.1, -0.05) is 48.8 Å². The molecular formula is C17H19BrO. The van der Waals surface area contributed by atoms with Crippen LogP contribution in [0.4, 0.5) is 0 Å². The molecule has 1 nitrogen and oxygen atoms in total. The van der Waals surface area contributed by atoms with Crippen molar-refractivity contribution in [1.29, 1.82) is 0 Å². The zero-order valence-electron chi connectivity index (χ0n) is 11.7. The Balaban J connectivity index is 2.04. The van der Waals surface area contributed by atoms with Gasteiger partial charge >= 0.3 is 0 Å². The highest BCUT2D eigenvalue weighted by Gasteiger charge is 2.63. The summed E-state index contributed by atoms with van der Waals surface area (Å²) < 4.78 is 1.07.